The molecule has 0 spiro atoms. The fraction of sp³-hybridized carbons (Fsp3) is 0.0714. The Kier molecular flexibility index (Phi) is 4.87. The van der Waals surface area contributed by atoms with Crippen LogP contribution in [0.1, 0.15) is 11.1 Å². The molecular formula is C14H9Br2ClN2. The van der Waals surface area contributed by atoms with Crippen molar-refractivity contribution in [1.82, 2.24) is 0 Å². The smallest absolute Gasteiger partial charge is 0.101 e. The molecule has 19 heavy (non-hydrogen) atoms. The van der Waals surface area contributed by atoms with Crippen LogP contribution in [0.5, 0.6) is 0 Å². The highest BCUT2D eigenvalue weighted by Crippen LogP contribution is 2.25. The minimum absolute atomic E-state index is 0.584. The van der Waals surface area contributed by atoms with E-state index < -0.39 is 0 Å². The minimum atomic E-state index is 0.584. The molecule has 0 fully saturated rings. The Morgan fingerprint density at radius 1 is 1.11 bits per heavy atom. The number of rotatable bonds is 3. The van der Waals surface area contributed by atoms with Gasteiger partial charge in [-0.15, -0.1) is 0 Å². The first-order valence-electron chi connectivity index (χ1n) is 5.47. The van der Waals surface area contributed by atoms with Crippen molar-refractivity contribution in [2.45, 2.75) is 6.54 Å². The maximum Gasteiger partial charge on any atom is 0.101 e. The Bertz CT molecular complexity index is 650. The first kappa shape index (κ1) is 14.4. The van der Waals surface area contributed by atoms with E-state index >= 15 is 0 Å². The summed E-state index contributed by atoms with van der Waals surface area (Å²) < 4.78 is 2.01. The van der Waals surface area contributed by atoms with Crippen molar-refractivity contribution in [2.75, 3.05) is 5.32 Å². The van der Waals surface area contributed by atoms with Gasteiger partial charge in [0.25, 0.3) is 0 Å². The molecule has 0 radical (unpaired) electrons. The molecule has 0 amide bonds. The lowest BCUT2D eigenvalue weighted by Gasteiger charge is -2.09. The first-order chi connectivity index (χ1) is 9.10. The lowest BCUT2D eigenvalue weighted by molar-refractivity contribution is 1.14. The molecule has 5 heteroatoms. The second kappa shape index (κ2) is 6.42. The van der Waals surface area contributed by atoms with Crippen molar-refractivity contribution < 1.29 is 0 Å². The summed E-state index contributed by atoms with van der Waals surface area (Å²) in [6, 6.07) is 13.3. The number of anilines is 1. The van der Waals surface area contributed by atoms with E-state index in [0.717, 1.165) is 20.2 Å². The molecule has 1 N–H and O–H groups in total. The summed E-state index contributed by atoms with van der Waals surface area (Å²) in [5, 5.41) is 12.9. The second-order valence-corrected chi connectivity index (χ2v) is 6.05. The highest BCUT2D eigenvalue weighted by molar-refractivity contribution is 9.13. The minimum Gasteiger partial charge on any atom is -0.380 e. The SMILES string of the molecule is N#Cc1ccc(Cl)cc1NCc1ccc(Br)c(Br)c1. The van der Waals surface area contributed by atoms with Crippen LogP contribution >= 0.6 is 43.5 Å². The number of hydrogen-bond donors (Lipinski definition) is 1. The Morgan fingerprint density at radius 3 is 2.58 bits per heavy atom. The molecule has 0 atom stereocenters. The van der Waals surface area contributed by atoms with Gasteiger partial charge < -0.3 is 5.32 Å². The van der Waals surface area contributed by atoms with Crippen molar-refractivity contribution >= 4 is 49.1 Å². The largest absolute Gasteiger partial charge is 0.380 e. The van der Waals surface area contributed by atoms with Gasteiger partial charge in [-0.3, -0.25) is 0 Å². The summed E-state index contributed by atoms with van der Waals surface area (Å²) in [6.45, 7) is 0.626. The summed E-state index contributed by atoms with van der Waals surface area (Å²) in [5.41, 5.74) is 2.44. The monoisotopic (exact) mass is 398 g/mol. The third kappa shape index (κ3) is 3.73. The molecule has 0 heterocycles. The van der Waals surface area contributed by atoms with Crippen molar-refractivity contribution in [2.24, 2.45) is 0 Å². The predicted octanol–water partition coefficient (Wildman–Crippen LogP) is 5.35. The molecule has 0 aromatic heterocycles. The van der Waals surface area contributed by atoms with Crippen LogP contribution in [0.3, 0.4) is 0 Å². The highest BCUT2D eigenvalue weighted by atomic mass is 79.9. The summed E-state index contributed by atoms with van der Waals surface area (Å²) in [5.74, 6) is 0. The molecule has 2 aromatic rings. The molecule has 0 aliphatic heterocycles. The zero-order valence-electron chi connectivity index (χ0n) is 9.75. The van der Waals surface area contributed by atoms with Crippen LogP contribution in [0.2, 0.25) is 5.02 Å². The number of nitrogens with one attached hydrogen (secondary N) is 1. The lowest BCUT2D eigenvalue weighted by Crippen LogP contribution is -2.01. The van der Waals surface area contributed by atoms with Gasteiger partial charge in [-0.1, -0.05) is 17.7 Å². The van der Waals surface area contributed by atoms with Gasteiger partial charge in [0.2, 0.25) is 0 Å². The number of benzene rings is 2. The van der Waals surface area contributed by atoms with Gasteiger partial charge in [0.1, 0.15) is 6.07 Å². The van der Waals surface area contributed by atoms with Crippen LogP contribution in [0.15, 0.2) is 45.3 Å². The third-order valence-corrected chi connectivity index (χ3v) is 4.68. The van der Waals surface area contributed by atoms with Gasteiger partial charge in [0, 0.05) is 20.5 Å². The first-order valence-corrected chi connectivity index (χ1v) is 7.44. The molecule has 0 unspecified atom stereocenters. The molecule has 0 aliphatic carbocycles. The van der Waals surface area contributed by atoms with Crippen LogP contribution < -0.4 is 5.32 Å². The van der Waals surface area contributed by atoms with E-state index in [2.05, 4.69) is 43.2 Å². The second-order valence-electron chi connectivity index (χ2n) is 3.90. The van der Waals surface area contributed by atoms with Crippen molar-refractivity contribution in [3.05, 3.63) is 61.5 Å². The topological polar surface area (TPSA) is 35.8 Å². The fourth-order valence-electron chi connectivity index (χ4n) is 1.61. The van der Waals surface area contributed by atoms with Gasteiger partial charge >= 0.3 is 0 Å². The molecule has 0 saturated heterocycles. The summed E-state index contributed by atoms with van der Waals surface area (Å²) in [4.78, 5) is 0. The van der Waals surface area contributed by atoms with Crippen molar-refractivity contribution in [3.63, 3.8) is 0 Å². The molecule has 2 nitrogen and oxygen atoms in total. The Morgan fingerprint density at radius 2 is 1.89 bits per heavy atom. The third-order valence-electron chi connectivity index (χ3n) is 2.57. The van der Waals surface area contributed by atoms with Crippen molar-refractivity contribution in [1.29, 1.82) is 5.26 Å². The zero-order chi connectivity index (χ0) is 13.8. The average molecular weight is 401 g/mol. The predicted molar refractivity (Wildman–Crippen MR) is 85.3 cm³/mol. The number of nitriles is 1. The van der Waals surface area contributed by atoms with Crippen LogP contribution in [0.25, 0.3) is 0 Å². The zero-order valence-corrected chi connectivity index (χ0v) is 13.7. The average Bonchev–Trinajstić information content (AvgIpc) is 2.40. The number of nitrogens with zero attached hydrogens (tertiary/aromatic N) is 1. The maximum absolute atomic E-state index is 9.04. The van der Waals surface area contributed by atoms with Crippen LogP contribution in [0, 0.1) is 11.3 Å². The van der Waals surface area contributed by atoms with E-state index in [1.807, 2.05) is 18.2 Å². The molecule has 0 aliphatic rings. The van der Waals surface area contributed by atoms with E-state index in [9.17, 15) is 0 Å². The fourth-order valence-corrected chi connectivity index (χ4v) is 2.45. The van der Waals surface area contributed by atoms with Gasteiger partial charge in [0.05, 0.1) is 11.3 Å². The highest BCUT2D eigenvalue weighted by Gasteiger charge is 2.04. The van der Waals surface area contributed by atoms with E-state index in [-0.39, 0.29) is 0 Å². The Labute approximate surface area is 133 Å². The van der Waals surface area contributed by atoms with Crippen LogP contribution in [0.4, 0.5) is 5.69 Å². The van der Waals surface area contributed by atoms with E-state index in [0.29, 0.717) is 17.1 Å². The molecule has 96 valence electrons. The van der Waals surface area contributed by atoms with Crippen molar-refractivity contribution in [3.8, 4) is 6.07 Å². The Hall–Kier alpha value is -1.02. The van der Waals surface area contributed by atoms with E-state index in [1.54, 1.807) is 18.2 Å². The standard InChI is InChI=1S/C14H9Br2ClN2/c15-12-4-1-9(5-13(12)16)8-19-14-6-11(17)3-2-10(14)7-18/h1-6,19H,8H2. The molecule has 2 aromatic carbocycles. The van der Waals surface area contributed by atoms with Crippen LogP contribution in [-0.2, 0) is 6.54 Å². The molecule has 0 bridgehead atoms. The summed E-state index contributed by atoms with van der Waals surface area (Å²) in [7, 11) is 0. The molecular weight excluding hydrogens is 391 g/mol. The quantitative estimate of drug-likeness (QED) is 0.754. The molecule has 0 saturated carbocycles. The lowest BCUT2D eigenvalue weighted by atomic mass is 10.1. The van der Waals surface area contributed by atoms with E-state index in [4.69, 9.17) is 16.9 Å². The van der Waals surface area contributed by atoms with Gasteiger partial charge in [-0.25, -0.2) is 0 Å². The maximum atomic E-state index is 9.04. The normalized spacial score (nSPS) is 10.0. The summed E-state index contributed by atoms with van der Waals surface area (Å²) >= 11 is 12.8. The van der Waals surface area contributed by atoms with Gasteiger partial charge in [0.15, 0.2) is 0 Å². The van der Waals surface area contributed by atoms with Crippen LogP contribution in [-0.4, -0.2) is 0 Å². The van der Waals surface area contributed by atoms with Gasteiger partial charge in [-0.05, 0) is 67.8 Å². The van der Waals surface area contributed by atoms with Gasteiger partial charge in [-0.2, -0.15) is 5.26 Å². The number of hydrogen-bond acceptors (Lipinski definition) is 2. The molecule has 2 rings (SSSR count). The number of halogens is 3. The summed E-state index contributed by atoms with van der Waals surface area (Å²) in [6.07, 6.45) is 0. The Balaban J connectivity index is 2.16. The van der Waals surface area contributed by atoms with E-state index in [1.165, 1.54) is 0 Å².